The Morgan fingerprint density at radius 1 is 1.04 bits per heavy atom. The Bertz CT molecular complexity index is 770. The monoisotopic (exact) mass is 363 g/mol. The van der Waals surface area contributed by atoms with Crippen molar-refractivity contribution in [2.24, 2.45) is 0 Å². The van der Waals surface area contributed by atoms with E-state index in [4.69, 9.17) is 9.47 Å². The van der Waals surface area contributed by atoms with Gasteiger partial charge in [-0.25, -0.2) is 13.1 Å². The van der Waals surface area contributed by atoms with E-state index in [1.54, 1.807) is 12.1 Å². The van der Waals surface area contributed by atoms with Crippen molar-refractivity contribution in [1.29, 1.82) is 0 Å². The van der Waals surface area contributed by atoms with E-state index in [0.717, 1.165) is 17.7 Å². The van der Waals surface area contributed by atoms with Gasteiger partial charge in [0.15, 0.2) is 0 Å². The summed E-state index contributed by atoms with van der Waals surface area (Å²) in [7, 11) is -3.56. The number of rotatable bonds is 9. The largest absolute Gasteiger partial charge is 0.492 e. The van der Waals surface area contributed by atoms with Crippen molar-refractivity contribution in [2.45, 2.75) is 38.2 Å². The topological polar surface area (TPSA) is 64.6 Å². The molecule has 25 heavy (non-hydrogen) atoms. The van der Waals surface area contributed by atoms with Crippen LogP contribution in [0.4, 0.5) is 0 Å². The Kier molecular flexibility index (Phi) is 6.84. The summed E-state index contributed by atoms with van der Waals surface area (Å²) in [4.78, 5) is 0.206. The maximum Gasteiger partial charge on any atom is 0.240 e. The van der Waals surface area contributed by atoms with Crippen LogP contribution in [0.15, 0.2) is 53.4 Å². The molecule has 0 atom stereocenters. The Morgan fingerprint density at radius 2 is 1.72 bits per heavy atom. The SMILES string of the molecule is CCc1ccccc1OCCNS(=O)(=O)c1ccc(OC(C)C)cc1. The molecule has 0 amide bonds. The van der Waals surface area contributed by atoms with Gasteiger partial charge in [0.2, 0.25) is 10.0 Å². The standard InChI is InChI=1S/C19H25NO4S/c1-4-16-7-5-6-8-19(16)23-14-13-20-25(21,22)18-11-9-17(10-12-18)24-15(2)3/h5-12,15,20H,4,13-14H2,1-3H3. The molecule has 0 aromatic heterocycles. The van der Waals surface area contributed by atoms with Gasteiger partial charge < -0.3 is 9.47 Å². The van der Waals surface area contributed by atoms with Crippen LogP contribution in [0, 0.1) is 0 Å². The van der Waals surface area contributed by atoms with Crippen LogP contribution in [0.5, 0.6) is 11.5 Å². The molecular formula is C19H25NO4S. The fourth-order valence-corrected chi connectivity index (χ4v) is 3.34. The second-order valence-corrected chi connectivity index (χ2v) is 7.61. The summed E-state index contributed by atoms with van der Waals surface area (Å²) < 4.78 is 38.3. The fourth-order valence-electron chi connectivity index (χ4n) is 2.33. The van der Waals surface area contributed by atoms with Gasteiger partial charge in [0, 0.05) is 6.54 Å². The average Bonchev–Trinajstić information content (AvgIpc) is 2.59. The van der Waals surface area contributed by atoms with Crippen LogP contribution in [0.25, 0.3) is 0 Å². The summed E-state index contributed by atoms with van der Waals surface area (Å²) in [6.07, 6.45) is 0.913. The summed E-state index contributed by atoms with van der Waals surface area (Å²) in [5.74, 6) is 1.44. The van der Waals surface area contributed by atoms with E-state index in [0.29, 0.717) is 5.75 Å². The van der Waals surface area contributed by atoms with Crippen LogP contribution in [0.3, 0.4) is 0 Å². The number of benzene rings is 2. The van der Waals surface area contributed by atoms with Crippen LogP contribution in [0.2, 0.25) is 0 Å². The molecule has 0 fully saturated rings. The summed E-state index contributed by atoms with van der Waals surface area (Å²) in [6, 6.07) is 14.1. The van der Waals surface area contributed by atoms with E-state index in [2.05, 4.69) is 11.6 Å². The smallest absolute Gasteiger partial charge is 0.240 e. The number of nitrogens with one attached hydrogen (secondary N) is 1. The Morgan fingerprint density at radius 3 is 2.36 bits per heavy atom. The third kappa shape index (κ3) is 5.76. The average molecular weight is 363 g/mol. The number of hydrogen-bond donors (Lipinski definition) is 1. The number of sulfonamides is 1. The van der Waals surface area contributed by atoms with E-state index in [1.165, 1.54) is 12.1 Å². The molecule has 1 N–H and O–H groups in total. The first-order valence-electron chi connectivity index (χ1n) is 8.39. The molecule has 5 nitrogen and oxygen atoms in total. The predicted molar refractivity (Wildman–Crippen MR) is 98.7 cm³/mol. The molecule has 0 aliphatic rings. The van der Waals surface area contributed by atoms with E-state index < -0.39 is 10.0 Å². The van der Waals surface area contributed by atoms with Crippen molar-refractivity contribution < 1.29 is 17.9 Å². The first kappa shape index (κ1) is 19.3. The minimum absolute atomic E-state index is 0.0451. The van der Waals surface area contributed by atoms with Gasteiger partial charge in [-0.15, -0.1) is 0 Å². The Hall–Kier alpha value is -2.05. The minimum atomic E-state index is -3.56. The number of ether oxygens (including phenoxy) is 2. The third-order valence-electron chi connectivity index (χ3n) is 3.51. The maximum atomic E-state index is 12.3. The van der Waals surface area contributed by atoms with Gasteiger partial charge in [0.25, 0.3) is 0 Å². The van der Waals surface area contributed by atoms with Crippen LogP contribution in [-0.4, -0.2) is 27.7 Å². The van der Waals surface area contributed by atoms with Crippen molar-refractivity contribution in [3.8, 4) is 11.5 Å². The highest BCUT2D eigenvalue weighted by Gasteiger charge is 2.13. The van der Waals surface area contributed by atoms with Crippen LogP contribution < -0.4 is 14.2 Å². The van der Waals surface area contributed by atoms with Gasteiger partial charge in [-0.05, 0) is 56.2 Å². The van der Waals surface area contributed by atoms with Gasteiger partial charge in [0.1, 0.15) is 18.1 Å². The second-order valence-electron chi connectivity index (χ2n) is 5.85. The van der Waals surface area contributed by atoms with Gasteiger partial charge in [0.05, 0.1) is 11.0 Å². The van der Waals surface area contributed by atoms with E-state index in [1.807, 2.05) is 38.1 Å². The van der Waals surface area contributed by atoms with Gasteiger partial charge in [-0.1, -0.05) is 25.1 Å². The molecule has 2 rings (SSSR count). The predicted octanol–water partition coefficient (Wildman–Crippen LogP) is 3.39. The lowest BCUT2D eigenvalue weighted by molar-refractivity contribution is 0.242. The van der Waals surface area contributed by atoms with Crippen LogP contribution >= 0.6 is 0 Å². The lowest BCUT2D eigenvalue weighted by Gasteiger charge is -2.12. The zero-order valence-electron chi connectivity index (χ0n) is 14.9. The highest BCUT2D eigenvalue weighted by molar-refractivity contribution is 7.89. The van der Waals surface area contributed by atoms with Crippen molar-refractivity contribution in [1.82, 2.24) is 4.72 Å². The Labute approximate surface area is 150 Å². The number of hydrogen-bond acceptors (Lipinski definition) is 4. The molecule has 0 saturated carbocycles. The van der Waals surface area contributed by atoms with Crippen LogP contribution in [-0.2, 0) is 16.4 Å². The van der Waals surface area contributed by atoms with Gasteiger partial charge >= 0.3 is 0 Å². The van der Waals surface area contributed by atoms with Gasteiger partial charge in [-0.2, -0.15) is 0 Å². The minimum Gasteiger partial charge on any atom is -0.492 e. The van der Waals surface area contributed by atoms with Crippen molar-refractivity contribution >= 4 is 10.0 Å². The highest BCUT2D eigenvalue weighted by atomic mass is 32.2. The molecule has 2 aromatic rings. The lowest BCUT2D eigenvalue weighted by atomic mass is 10.1. The highest BCUT2D eigenvalue weighted by Crippen LogP contribution is 2.19. The fraction of sp³-hybridized carbons (Fsp3) is 0.368. The molecule has 2 aromatic carbocycles. The molecule has 0 saturated heterocycles. The Balaban J connectivity index is 1.89. The van der Waals surface area contributed by atoms with Crippen molar-refractivity contribution in [3.63, 3.8) is 0 Å². The van der Waals surface area contributed by atoms with Crippen molar-refractivity contribution in [3.05, 3.63) is 54.1 Å². The molecular weight excluding hydrogens is 338 g/mol. The summed E-state index contributed by atoms with van der Waals surface area (Å²) in [5.41, 5.74) is 1.10. The quantitative estimate of drug-likeness (QED) is 0.694. The number of aryl methyl sites for hydroxylation is 1. The molecule has 136 valence electrons. The molecule has 0 aliphatic heterocycles. The normalized spacial score (nSPS) is 11.5. The molecule has 0 aliphatic carbocycles. The first-order valence-corrected chi connectivity index (χ1v) is 9.88. The van der Waals surface area contributed by atoms with Gasteiger partial charge in [-0.3, -0.25) is 0 Å². The molecule has 0 radical (unpaired) electrons. The zero-order valence-corrected chi connectivity index (χ0v) is 15.7. The summed E-state index contributed by atoms with van der Waals surface area (Å²) in [5, 5.41) is 0. The molecule has 6 heteroatoms. The lowest BCUT2D eigenvalue weighted by Crippen LogP contribution is -2.28. The summed E-state index contributed by atoms with van der Waals surface area (Å²) >= 11 is 0. The zero-order chi connectivity index (χ0) is 18.3. The molecule has 0 bridgehead atoms. The third-order valence-corrected chi connectivity index (χ3v) is 4.99. The summed E-state index contributed by atoms with van der Waals surface area (Å²) in [6.45, 7) is 6.36. The van der Waals surface area contributed by atoms with E-state index in [-0.39, 0.29) is 24.2 Å². The van der Waals surface area contributed by atoms with Crippen molar-refractivity contribution in [2.75, 3.05) is 13.2 Å². The maximum absolute atomic E-state index is 12.3. The second kappa shape index (κ2) is 8.87. The van der Waals surface area contributed by atoms with E-state index in [9.17, 15) is 8.42 Å². The first-order chi connectivity index (χ1) is 11.9. The molecule has 0 unspecified atom stereocenters. The molecule has 0 spiro atoms. The van der Waals surface area contributed by atoms with Crippen LogP contribution in [0.1, 0.15) is 26.3 Å². The molecule has 0 heterocycles. The van der Waals surface area contributed by atoms with E-state index >= 15 is 0 Å². The number of para-hydroxylation sites is 1.